The van der Waals surface area contributed by atoms with Gasteiger partial charge >= 0.3 is 0 Å². The van der Waals surface area contributed by atoms with Crippen LogP contribution in [0.25, 0.3) is 0 Å². The lowest BCUT2D eigenvalue weighted by molar-refractivity contribution is -0.121. The van der Waals surface area contributed by atoms with E-state index >= 15 is 0 Å². The van der Waals surface area contributed by atoms with Crippen LogP contribution in [0.1, 0.15) is 12.8 Å². The van der Waals surface area contributed by atoms with Crippen molar-refractivity contribution in [2.75, 3.05) is 19.6 Å². The van der Waals surface area contributed by atoms with Gasteiger partial charge in [-0.3, -0.25) is 9.69 Å². The van der Waals surface area contributed by atoms with Crippen LogP contribution in [-0.2, 0) is 4.79 Å². The number of hydrogen-bond acceptors (Lipinski definition) is 2. The molecule has 1 aliphatic heterocycles. The molecule has 0 aromatic carbocycles. The molecule has 1 aliphatic rings. The number of hydrogen-bond donors (Lipinski definition) is 0. The predicted octanol–water partition coefficient (Wildman–Crippen LogP) is 1.40. The van der Waals surface area contributed by atoms with Gasteiger partial charge in [0.05, 0.1) is 0 Å². The van der Waals surface area contributed by atoms with Gasteiger partial charge in [-0.15, -0.1) is 0 Å². The van der Waals surface area contributed by atoms with Crippen molar-refractivity contribution in [3.05, 3.63) is 11.6 Å². The summed E-state index contributed by atoms with van der Waals surface area (Å²) in [6, 6.07) is 0. The van der Waals surface area contributed by atoms with Gasteiger partial charge in [0.15, 0.2) is 0 Å². The molecule has 0 bridgehead atoms. The number of carbonyl (C=O) groups excluding carboxylic acids is 1. The first-order chi connectivity index (χ1) is 5.18. The van der Waals surface area contributed by atoms with Gasteiger partial charge in [-0.25, -0.2) is 0 Å². The number of ketones is 1. The molecule has 0 N–H and O–H groups in total. The predicted molar refractivity (Wildman–Crippen MR) is 45.7 cm³/mol. The van der Waals surface area contributed by atoms with E-state index in [1.807, 2.05) is 0 Å². The molecular weight excluding hydrogens is 162 g/mol. The van der Waals surface area contributed by atoms with Gasteiger partial charge in [-0.05, 0) is 0 Å². The molecule has 1 saturated heterocycles. The monoisotopic (exact) mass is 173 g/mol. The van der Waals surface area contributed by atoms with E-state index in [9.17, 15) is 4.79 Å². The second-order valence-electron chi connectivity index (χ2n) is 2.83. The molecule has 0 atom stereocenters. The van der Waals surface area contributed by atoms with Crippen LogP contribution in [0.5, 0.6) is 0 Å². The zero-order valence-corrected chi connectivity index (χ0v) is 7.23. The number of nitrogens with zero attached hydrogens (tertiary/aromatic N) is 1. The number of halogens is 1. The molecule has 0 aromatic heterocycles. The molecule has 62 valence electrons. The van der Waals surface area contributed by atoms with Gasteiger partial charge < -0.3 is 0 Å². The number of piperidine rings is 1. The van der Waals surface area contributed by atoms with Crippen molar-refractivity contribution in [3.63, 3.8) is 0 Å². The fraction of sp³-hybridized carbons (Fsp3) is 0.625. The number of carbonyl (C=O) groups is 1. The van der Waals surface area contributed by atoms with Crippen LogP contribution in [0.4, 0.5) is 0 Å². The van der Waals surface area contributed by atoms with Gasteiger partial charge in [0.25, 0.3) is 0 Å². The Balaban J connectivity index is 2.28. The van der Waals surface area contributed by atoms with Crippen LogP contribution in [0.2, 0.25) is 0 Å². The quantitative estimate of drug-likeness (QED) is 0.630. The van der Waals surface area contributed by atoms with E-state index in [0.717, 1.165) is 19.6 Å². The third-order valence-electron chi connectivity index (χ3n) is 1.81. The Kier molecular flexibility index (Phi) is 3.09. The molecule has 0 saturated carbocycles. The minimum atomic E-state index is 0.362. The average Bonchev–Trinajstić information content (AvgIpc) is 1.93. The summed E-state index contributed by atoms with van der Waals surface area (Å²) in [6.45, 7) is 6.00. The molecular formula is C8H12ClNO. The largest absolute Gasteiger partial charge is 0.300 e. The minimum absolute atomic E-state index is 0.362. The second kappa shape index (κ2) is 3.88. The molecule has 0 aliphatic carbocycles. The summed E-state index contributed by atoms with van der Waals surface area (Å²) in [4.78, 5) is 13.0. The Morgan fingerprint density at radius 1 is 1.55 bits per heavy atom. The summed E-state index contributed by atoms with van der Waals surface area (Å²) in [7, 11) is 0. The van der Waals surface area contributed by atoms with Gasteiger partial charge in [-0.1, -0.05) is 18.2 Å². The van der Waals surface area contributed by atoms with Gasteiger partial charge in [0.2, 0.25) is 0 Å². The highest BCUT2D eigenvalue weighted by molar-refractivity contribution is 6.29. The molecule has 2 nitrogen and oxygen atoms in total. The first-order valence-electron chi connectivity index (χ1n) is 3.76. The Labute approximate surface area is 71.8 Å². The number of rotatable bonds is 2. The number of likely N-dealkylation sites (tertiary alicyclic amines) is 1. The zero-order chi connectivity index (χ0) is 8.27. The van der Waals surface area contributed by atoms with E-state index in [2.05, 4.69) is 11.5 Å². The van der Waals surface area contributed by atoms with Gasteiger partial charge in [-0.2, -0.15) is 0 Å². The Hall–Kier alpha value is -0.340. The van der Waals surface area contributed by atoms with E-state index in [4.69, 9.17) is 11.6 Å². The maximum Gasteiger partial charge on any atom is 0.135 e. The molecule has 3 heteroatoms. The zero-order valence-electron chi connectivity index (χ0n) is 6.48. The highest BCUT2D eigenvalue weighted by atomic mass is 35.5. The lowest BCUT2D eigenvalue weighted by Gasteiger charge is -2.24. The molecule has 0 radical (unpaired) electrons. The van der Waals surface area contributed by atoms with Crippen LogP contribution >= 0.6 is 11.6 Å². The Morgan fingerprint density at radius 3 is 2.55 bits per heavy atom. The van der Waals surface area contributed by atoms with Gasteiger partial charge in [0.1, 0.15) is 5.78 Å². The van der Waals surface area contributed by atoms with Crippen molar-refractivity contribution in [3.8, 4) is 0 Å². The summed E-state index contributed by atoms with van der Waals surface area (Å²) in [5, 5.41) is 0.652. The van der Waals surface area contributed by atoms with Crippen LogP contribution < -0.4 is 0 Å². The maximum absolute atomic E-state index is 10.8. The Morgan fingerprint density at radius 2 is 2.09 bits per heavy atom. The summed E-state index contributed by atoms with van der Waals surface area (Å²) < 4.78 is 0. The maximum atomic E-state index is 10.8. The highest BCUT2D eigenvalue weighted by Gasteiger charge is 2.15. The third kappa shape index (κ3) is 3.04. The summed E-state index contributed by atoms with van der Waals surface area (Å²) in [6.07, 6.45) is 1.34. The van der Waals surface area contributed by atoms with E-state index in [-0.39, 0.29) is 0 Å². The van der Waals surface area contributed by atoms with E-state index < -0.39 is 0 Å². The molecule has 0 aromatic rings. The number of Topliss-reactive ketones (excluding diaryl/α,β-unsaturated/α-hetero) is 1. The lowest BCUT2D eigenvalue weighted by atomic mass is 10.1. The highest BCUT2D eigenvalue weighted by Crippen LogP contribution is 2.08. The van der Waals surface area contributed by atoms with E-state index in [1.54, 1.807) is 0 Å². The molecule has 0 amide bonds. The van der Waals surface area contributed by atoms with Crippen molar-refractivity contribution in [1.82, 2.24) is 4.90 Å². The van der Waals surface area contributed by atoms with Crippen molar-refractivity contribution in [2.45, 2.75) is 12.8 Å². The fourth-order valence-electron chi connectivity index (χ4n) is 1.20. The van der Waals surface area contributed by atoms with E-state index in [0.29, 0.717) is 23.7 Å². The summed E-state index contributed by atoms with van der Waals surface area (Å²) in [5.74, 6) is 0.362. The lowest BCUT2D eigenvalue weighted by Crippen LogP contribution is -2.34. The summed E-state index contributed by atoms with van der Waals surface area (Å²) >= 11 is 5.63. The Bertz CT molecular complexity index is 169. The smallest absolute Gasteiger partial charge is 0.135 e. The van der Waals surface area contributed by atoms with Crippen LogP contribution in [-0.4, -0.2) is 30.3 Å². The molecule has 1 fully saturated rings. The fourth-order valence-corrected chi connectivity index (χ4v) is 1.37. The first kappa shape index (κ1) is 8.75. The SMILES string of the molecule is C=C(Cl)CN1CCC(=O)CC1. The molecule has 0 unspecified atom stereocenters. The van der Waals surface area contributed by atoms with Crippen LogP contribution in [0, 0.1) is 0 Å². The third-order valence-corrected chi connectivity index (χ3v) is 1.93. The molecule has 0 spiro atoms. The minimum Gasteiger partial charge on any atom is -0.300 e. The standard InChI is InChI=1S/C8H12ClNO/c1-7(9)6-10-4-2-8(11)3-5-10/h1-6H2. The average molecular weight is 174 g/mol. The van der Waals surface area contributed by atoms with Crippen molar-refractivity contribution in [2.24, 2.45) is 0 Å². The van der Waals surface area contributed by atoms with Crippen molar-refractivity contribution in [1.29, 1.82) is 0 Å². The molecule has 1 rings (SSSR count). The van der Waals surface area contributed by atoms with Crippen molar-refractivity contribution < 1.29 is 4.79 Å². The summed E-state index contributed by atoms with van der Waals surface area (Å²) in [5.41, 5.74) is 0. The second-order valence-corrected chi connectivity index (χ2v) is 3.37. The van der Waals surface area contributed by atoms with Crippen LogP contribution in [0.3, 0.4) is 0 Å². The van der Waals surface area contributed by atoms with Crippen molar-refractivity contribution >= 4 is 17.4 Å². The van der Waals surface area contributed by atoms with Gasteiger partial charge in [0, 0.05) is 37.5 Å². The van der Waals surface area contributed by atoms with Crippen LogP contribution in [0.15, 0.2) is 11.6 Å². The molecule has 11 heavy (non-hydrogen) atoms. The topological polar surface area (TPSA) is 20.3 Å². The van der Waals surface area contributed by atoms with E-state index in [1.165, 1.54) is 0 Å². The molecule has 1 heterocycles. The normalized spacial score (nSPS) is 20.3. The first-order valence-corrected chi connectivity index (χ1v) is 4.13.